The number of anilines is 1. The van der Waals surface area contributed by atoms with E-state index in [1.54, 1.807) is 21.9 Å². The molecule has 2 amide bonds. The van der Waals surface area contributed by atoms with E-state index in [-0.39, 0.29) is 31.0 Å². The minimum Gasteiger partial charge on any atom is -0.380 e. The van der Waals surface area contributed by atoms with Crippen LogP contribution in [0.15, 0.2) is 42.5 Å². The molecule has 11 heteroatoms. The van der Waals surface area contributed by atoms with Crippen LogP contribution in [0.5, 0.6) is 0 Å². The molecule has 3 aliphatic rings. The summed E-state index contributed by atoms with van der Waals surface area (Å²) < 4.78 is 18.9. The van der Waals surface area contributed by atoms with Crippen molar-refractivity contribution in [3.05, 3.63) is 64.4 Å². The molecule has 0 spiro atoms. The minimum atomic E-state index is -1.76. The first-order valence-electron chi connectivity index (χ1n) is 13.2. The summed E-state index contributed by atoms with van der Waals surface area (Å²) in [5, 5.41) is 14.8. The van der Waals surface area contributed by atoms with E-state index in [9.17, 15) is 19.1 Å². The number of amides is 2. The SMILES string of the molecule is C[C@@](O)(C(=O)N1CCC(N2CC(Nc3ccc(C(=O)N4CCOCC4)c(Cl)c3)C2)CC1)c1cccc(F)c1.S. The van der Waals surface area contributed by atoms with Crippen molar-refractivity contribution < 1.29 is 23.8 Å². The summed E-state index contributed by atoms with van der Waals surface area (Å²) in [5.41, 5.74) is -0.102. The molecule has 212 valence electrons. The Labute approximate surface area is 240 Å². The molecule has 0 radical (unpaired) electrons. The lowest BCUT2D eigenvalue weighted by Gasteiger charge is -2.48. The van der Waals surface area contributed by atoms with Gasteiger partial charge in [-0.1, -0.05) is 23.7 Å². The Balaban J connectivity index is 0.00000353. The third kappa shape index (κ3) is 6.52. The van der Waals surface area contributed by atoms with Gasteiger partial charge in [0.25, 0.3) is 11.8 Å². The zero-order chi connectivity index (χ0) is 26.9. The van der Waals surface area contributed by atoms with Crippen molar-refractivity contribution in [1.82, 2.24) is 14.7 Å². The van der Waals surface area contributed by atoms with Crippen molar-refractivity contribution >= 4 is 42.6 Å². The number of benzene rings is 2. The lowest BCUT2D eigenvalue weighted by atomic mass is 9.92. The lowest BCUT2D eigenvalue weighted by Crippen LogP contribution is -2.61. The summed E-state index contributed by atoms with van der Waals surface area (Å²) in [4.78, 5) is 31.6. The fraction of sp³-hybridized carbons (Fsp3) is 0.500. The van der Waals surface area contributed by atoms with E-state index < -0.39 is 17.3 Å². The molecule has 0 aliphatic carbocycles. The maximum atomic E-state index is 13.6. The summed E-state index contributed by atoms with van der Waals surface area (Å²) in [5.74, 6) is -0.936. The molecule has 2 N–H and O–H groups in total. The van der Waals surface area contributed by atoms with Gasteiger partial charge in [-0.15, -0.1) is 0 Å². The number of nitrogens with one attached hydrogen (secondary N) is 1. The number of piperidine rings is 1. The molecule has 0 unspecified atom stereocenters. The first-order chi connectivity index (χ1) is 18.2. The molecule has 3 saturated heterocycles. The van der Waals surface area contributed by atoms with Crippen LogP contribution in [0.1, 0.15) is 35.7 Å². The normalized spacial score (nSPS) is 20.5. The fourth-order valence-electron chi connectivity index (χ4n) is 5.51. The van der Waals surface area contributed by atoms with E-state index in [1.807, 2.05) is 12.1 Å². The van der Waals surface area contributed by atoms with Crippen LogP contribution in [0.4, 0.5) is 10.1 Å². The first kappa shape index (κ1) is 29.6. The molecule has 2 aromatic rings. The number of hydrogen-bond acceptors (Lipinski definition) is 6. The van der Waals surface area contributed by atoms with Crippen molar-refractivity contribution in [2.75, 3.05) is 57.8 Å². The molecule has 0 aromatic heterocycles. The molecule has 3 heterocycles. The number of carbonyl (C=O) groups is 2. The molecule has 1 atom stereocenters. The van der Waals surface area contributed by atoms with Gasteiger partial charge < -0.3 is 25.0 Å². The molecular formula is C28H36ClFN4O4S. The highest BCUT2D eigenvalue weighted by molar-refractivity contribution is 7.59. The van der Waals surface area contributed by atoms with Crippen molar-refractivity contribution in [2.45, 2.75) is 37.5 Å². The van der Waals surface area contributed by atoms with E-state index in [4.69, 9.17) is 16.3 Å². The van der Waals surface area contributed by atoms with Crippen LogP contribution in [0.3, 0.4) is 0 Å². The van der Waals surface area contributed by atoms with Crippen LogP contribution in [-0.2, 0) is 15.1 Å². The van der Waals surface area contributed by atoms with E-state index in [1.165, 1.54) is 25.1 Å². The van der Waals surface area contributed by atoms with Gasteiger partial charge in [-0.2, -0.15) is 13.5 Å². The average molecular weight is 579 g/mol. The van der Waals surface area contributed by atoms with Gasteiger partial charge in [-0.3, -0.25) is 14.5 Å². The summed E-state index contributed by atoms with van der Waals surface area (Å²) in [6, 6.07) is 11.7. The fourth-order valence-corrected chi connectivity index (χ4v) is 5.77. The first-order valence-corrected chi connectivity index (χ1v) is 13.5. The number of hydrogen-bond donors (Lipinski definition) is 2. The van der Waals surface area contributed by atoms with Crippen molar-refractivity contribution in [3.8, 4) is 0 Å². The third-order valence-electron chi connectivity index (χ3n) is 7.85. The minimum absolute atomic E-state index is 0. The second-order valence-corrected chi connectivity index (χ2v) is 10.9. The van der Waals surface area contributed by atoms with Crippen molar-refractivity contribution in [3.63, 3.8) is 0 Å². The smallest absolute Gasteiger partial charge is 0.258 e. The Morgan fingerprint density at radius 1 is 1.05 bits per heavy atom. The maximum absolute atomic E-state index is 13.6. The summed E-state index contributed by atoms with van der Waals surface area (Å²) in [6.45, 7) is 6.55. The van der Waals surface area contributed by atoms with Gasteiger partial charge in [-0.25, -0.2) is 4.39 Å². The van der Waals surface area contributed by atoms with Gasteiger partial charge >= 0.3 is 0 Å². The van der Waals surface area contributed by atoms with Gasteiger partial charge in [0.15, 0.2) is 5.60 Å². The monoisotopic (exact) mass is 578 g/mol. The van der Waals surface area contributed by atoms with Crippen molar-refractivity contribution in [1.29, 1.82) is 0 Å². The zero-order valence-electron chi connectivity index (χ0n) is 22.0. The Morgan fingerprint density at radius 3 is 2.38 bits per heavy atom. The summed E-state index contributed by atoms with van der Waals surface area (Å²) in [7, 11) is 0. The predicted molar refractivity (Wildman–Crippen MR) is 153 cm³/mol. The van der Waals surface area contributed by atoms with Gasteiger partial charge in [0.2, 0.25) is 0 Å². The number of morpholine rings is 1. The van der Waals surface area contributed by atoms with Crippen LogP contribution < -0.4 is 5.32 Å². The number of aliphatic hydroxyl groups is 1. The second kappa shape index (κ2) is 12.4. The quantitative estimate of drug-likeness (QED) is 0.548. The highest BCUT2D eigenvalue weighted by atomic mass is 35.5. The highest BCUT2D eigenvalue weighted by Crippen LogP contribution is 2.29. The largest absolute Gasteiger partial charge is 0.380 e. The van der Waals surface area contributed by atoms with Gasteiger partial charge in [-0.05, 0) is 55.7 Å². The summed E-state index contributed by atoms with van der Waals surface area (Å²) >= 11 is 6.46. The van der Waals surface area contributed by atoms with Crippen LogP contribution >= 0.6 is 25.1 Å². The van der Waals surface area contributed by atoms with Crippen LogP contribution in [-0.4, -0.2) is 96.2 Å². The van der Waals surface area contributed by atoms with E-state index in [0.29, 0.717) is 56.0 Å². The Hall–Kier alpha value is -2.37. The number of ether oxygens (including phenoxy) is 1. The topological polar surface area (TPSA) is 85.3 Å². The highest BCUT2D eigenvalue weighted by Gasteiger charge is 2.40. The molecule has 5 rings (SSSR count). The third-order valence-corrected chi connectivity index (χ3v) is 8.16. The van der Waals surface area contributed by atoms with Crippen LogP contribution in [0.2, 0.25) is 5.02 Å². The van der Waals surface area contributed by atoms with E-state index >= 15 is 0 Å². The van der Waals surface area contributed by atoms with Crippen molar-refractivity contribution in [2.24, 2.45) is 0 Å². The molecule has 3 aliphatic heterocycles. The zero-order valence-corrected chi connectivity index (χ0v) is 23.8. The van der Waals surface area contributed by atoms with Gasteiger partial charge in [0.05, 0.1) is 29.8 Å². The van der Waals surface area contributed by atoms with Crippen LogP contribution in [0.25, 0.3) is 0 Å². The van der Waals surface area contributed by atoms with Gasteiger partial charge in [0.1, 0.15) is 5.82 Å². The lowest BCUT2D eigenvalue weighted by molar-refractivity contribution is -0.152. The number of likely N-dealkylation sites (tertiary alicyclic amines) is 2. The average Bonchev–Trinajstić information content (AvgIpc) is 2.90. The van der Waals surface area contributed by atoms with Crippen LogP contribution in [0, 0.1) is 5.82 Å². The predicted octanol–water partition coefficient (Wildman–Crippen LogP) is 3.06. The molecule has 8 nitrogen and oxygen atoms in total. The molecule has 0 saturated carbocycles. The Kier molecular flexibility index (Phi) is 9.44. The van der Waals surface area contributed by atoms with Gasteiger partial charge in [0, 0.05) is 51.0 Å². The number of nitrogens with zero attached hydrogens (tertiary/aromatic N) is 3. The standard InChI is InChI=1S/C28H34ClFN4O4.H2S/c1-28(37,19-3-2-4-20(30)15-19)27(36)33-9-7-23(8-10-33)34-17-22(18-34)31-21-5-6-24(25(29)16-21)26(35)32-11-13-38-14-12-32;/h2-6,15-16,22-23,31,37H,7-14,17-18H2,1H3;1H2/t28-;/m0./s1. The molecule has 2 aromatic carbocycles. The molecule has 39 heavy (non-hydrogen) atoms. The summed E-state index contributed by atoms with van der Waals surface area (Å²) in [6.07, 6.45) is 1.64. The second-order valence-electron chi connectivity index (χ2n) is 10.5. The maximum Gasteiger partial charge on any atom is 0.258 e. The van der Waals surface area contributed by atoms with E-state index in [0.717, 1.165) is 31.6 Å². The molecule has 0 bridgehead atoms. The Bertz CT molecular complexity index is 1180. The molecular weight excluding hydrogens is 543 g/mol. The number of halogens is 2. The van der Waals surface area contributed by atoms with E-state index in [2.05, 4.69) is 10.2 Å². The number of rotatable bonds is 6. The Morgan fingerprint density at radius 2 is 1.74 bits per heavy atom. The number of carbonyl (C=O) groups excluding carboxylic acids is 2. The molecule has 3 fully saturated rings.